The van der Waals surface area contributed by atoms with Crippen molar-refractivity contribution in [1.82, 2.24) is 0 Å². The zero-order valence-electron chi connectivity index (χ0n) is 6.45. The maximum atomic E-state index is 9.43. The first kappa shape index (κ1) is 9.06. The van der Waals surface area contributed by atoms with Gasteiger partial charge in [0.15, 0.2) is 0 Å². The van der Waals surface area contributed by atoms with Crippen LogP contribution < -0.4 is 0 Å². The lowest BCUT2D eigenvalue weighted by atomic mass is 10.1. The minimum atomic E-state index is 0.135. The number of aromatic hydroxyl groups is 1. The summed E-state index contributed by atoms with van der Waals surface area (Å²) in [5, 5.41) is 20.5. The molecular formula is C8H8BrNO2. The third kappa shape index (κ3) is 1.76. The summed E-state index contributed by atoms with van der Waals surface area (Å²) in [6.45, 7) is 1.77. The van der Waals surface area contributed by atoms with Crippen molar-refractivity contribution in [3.05, 3.63) is 27.7 Å². The molecule has 0 heterocycles. The normalized spacial score (nSPS) is 10.8. The molecule has 0 spiro atoms. The van der Waals surface area contributed by atoms with Gasteiger partial charge in [-0.2, -0.15) is 0 Å². The Bertz CT molecular complexity index is 323. The molecule has 0 unspecified atom stereocenters. The van der Waals surface area contributed by atoms with E-state index in [4.69, 9.17) is 5.21 Å². The molecule has 12 heavy (non-hydrogen) atoms. The highest BCUT2D eigenvalue weighted by atomic mass is 79.9. The van der Waals surface area contributed by atoms with E-state index in [9.17, 15) is 5.11 Å². The maximum absolute atomic E-state index is 9.43. The van der Waals surface area contributed by atoms with E-state index in [2.05, 4.69) is 21.1 Å². The second kappa shape index (κ2) is 3.58. The standard InChI is InChI=1S/C8H8BrNO2/c1-5-2-7(9)3-6(4-10-12)8(5)11/h2-4,11-12H,1H3. The summed E-state index contributed by atoms with van der Waals surface area (Å²) in [6, 6.07) is 3.45. The van der Waals surface area contributed by atoms with Gasteiger partial charge >= 0.3 is 0 Å². The maximum Gasteiger partial charge on any atom is 0.127 e. The van der Waals surface area contributed by atoms with Gasteiger partial charge in [-0.3, -0.25) is 0 Å². The van der Waals surface area contributed by atoms with E-state index < -0.39 is 0 Å². The molecule has 0 aromatic heterocycles. The molecule has 4 heteroatoms. The summed E-state index contributed by atoms with van der Waals surface area (Å²) in [7, 11) is 0. The van der Waals surface area contributed by atoms with Crippen LogP contribution in [0.4, 0.5) is 0 Å². The molecule has 1 aromatic carbocycles. The first-order valence-corrected chi connectivity index (χ1v) is 4.11. The van der Waals surface area contributed by atoms with Crippen molar-refractivity contribution in [1.29, 1.82) is 0 Å². The van der Waals surface area contributed by atoms with Gasteiger partial charge in [0.2, 0.25) is 0 Å². The molecule has 0 atom stereocenters. The molecule has 0 saturated heterocycles. The Hall–Kier alpha value is -1.03. The molecule has 0 amide bonds. The monoisotopic (exact) mass is 229 g/mol. The Balaban J connectivity index is 3.27. The van der Waals surface area contributed by atoms with Crippen molar-refractivity contribution >= 4 is 22.1 Å². The summed E-state index contributed by atoms with van der Waals surface area (Å²) in [5.74, 6) is 0.135. The van der Waals surface area contributed by atoms with Gasteiger partial charge in [-0.1, -0.05) is 21.1 Å². The highest BCUT2D eigenvalue weighted by Gasteiger charge is 2.03. The summed E-state index contributed by atoms with van der Waals surface area (Å²) < 4.78 is 0.840. The van der Waals surface area contributed by atoms with E-state index in [1.165, 1.54) is 6.21 Å². The van der Waals surface area contributed by atoms with E-state index in [1.807, 2.05) is 0 Å². The first-order valence-electron chi connectivity index (χ1n) is 3.31. The average molecular weight is 230 g/mol. The third-order valence-electron chi connectivity index (χ3n) is 1.49. The lowest BCUT2D eigenvalue weighted by Gasteiger charge is -2.02. The summed E-state index contributed by atoms with van der Waals surface area (Å²) >= 11 is 3.26. The second-order valence-electron chi connectivity index (χ2n) is 2.41. The molecule has 0 fully saturated rings. The Morgan fingerprint density at radius 1 is 1.50 bits per heavy atom. The number of aryl methyl sites for hydroxylation is 1. The summed E-state index contributed by atoms with van der Waals surface area (Å²) in [6.07, 6.45) is 1.19. The topological polar surface area (TPSA) is 52.8 Å². The van der Waals surface area contributed by atoms with E-state index in [1.54, 1.807) is 19.1 Å². The molecule has 1 rings (SSSR count). The van der Waals surface area contributed by atoms with Gasteiger partial charge in [0.05, 0.1) is 6.21 Å². The predicted molar refractivity (Wildman–Crippen MR) is 49.9 cm³/mol. The number of nitrogens with zero attached hydrogens (tertiary/aromatic N) is 1. The van der Waals surface area contributed by atoms with Crippen molar-refractivity contribution in [2.75, 3.05) is 0 Å². The van der Waals surface area contributed by atoms with Crippen LogP contribution in [0.2, 0.25) is 0 Å². The number of benzene rings is 1. The number of hydrogen-bond acceptors (Lipinski definition) is 3. The fourth-order valence-electron chi connectivity index (χ4n) is 0.922. The summed E-state index contributed by atoms with van der Waals surface area (Å²) in [4.78, 5) is 0. The van der Waals surface area contributed by atoms with Gasteiger partial charge in [0.25, 0.3) is 0 Å². The molecule has 0 radical (unpaired) electrons. The lowest BCUT2D eigenvalue weighted by molar-refractivity contribution is 0.321. The van der Waals surface area contributed by atoms with Gasteiger partial charge < -0.3 is 10.3 Å². The van der Waals surface area contributed by atoms with Gasteiger partial charge in [0, 0.05) is 10.0 Å². The zero-order chi connectivity index (χ0) is 9.14. The van der Waals surface area contributed by atoms with E-state index in [0.717, 1.165) is 10.0 Å². The van der Waals surface area contributed by atoms with Crippen molar-refractivity contribution in [2.24, 2.45) is 5.16 Å². The smallest absolute Gasteiger partial charge is 0.127 e. The lowest BCUT2D eigenvalue weighted by Crippen LogP contribution is -1.85. The van der Waals surface area contributed by atoms with Crippen LogP contribution in [0.15, 0.2) is 21.8 Å². The van der Waals surface area contributed by atoms with Gasteiger partial charge in [0.1, 0.15) is 5.75 Å². The van der Waals surface area contributed by atoms with Crippen molar-refractivity contribution in [3.63, 3.8) is 0 Å². The minimum Gasteiger partial charge on any atom is -0.507 e. The number of phenols is 1. The van der Waals surface area contributed by atoms with Gasteiger partial charge in [-0.25, -0.2) is 0 Å². The fourth-order valence-corrected chi connectivity index (χ4v) is 1.51. The zero-order valence-corrected chi connectivity index (χ0v) is 8.04. The number of hydrogen-bond donors (Lipinski definition) is 2. The summed E-state index contributed by atoms with van der Waals surface area (Å²) in [5.41, 5.74) is 1.23. The highest BCUT2D eigenvalue weighted by Crippen LogP contribution is 2.25. The van der Waals surface area contributed by atoms with Crippen LogP contribution in [0.1, 0.15) is 11.1 Å². The van der Waals surface area contributed by atoms with Crippen LogP contribution in [0.5, 0.6) is 5.75 Å². The molecule has 3 nitrogen and oxygen atoms in total. The second-order valence-corrected chi connectivity index (χ2v) is 3.32. The van der Waals surface area contributed by atoms with Crippen LogP contribution in [0.3, 0.4) is 0 Å². The minimum absolute atomic E-state index is 0.135. The Morgan fingerprint density at radius 3 is 2.75 bits per heavy atom. The van der Waals surface area contributed by atoms with E-state index in [-0.39, 0.29) is 5.75 Å². The molecule has 1 aromatic rings. The predicted octanol–water partition coefficient (Wildman–Crippen LogP) is 2.27. The third-order valence-corrected chi connectivity index (χ3v) is 1.95. The van der Waals surface area contributed by atoms with Crippen molar-refractivity contribution in [3.8, 4) is 5.75 Å². The fraction of sp³-hybridized carbons (Fsp3) is 0.125. The highest BCUT2D eigenvalue weighted by molar-refractivity contribution is 9.10. The largest absolute Gasteiger partial charge is 0.507 e. The molecule has 0 aliphatic carbocycles. The molecule has 64 valence electrons. The molecule has 0 saturated carbocycles. The van der Waals surface area contributed by atoms with Crippen LogP contribution in [0, 0.1) is 6.92 Å². The number of rotatable bonds is 1. The van der Waals surface area contributed by atoms with Crippen LogP contribution in [-0.2, 0) is 0 Å². The molecule has 0 aliphatic heterocycles. The first-order chi connectivity index (χ1) is 5.65. The number of phenolic OH excluding ortho intramolecular Hbond substituents is 1. The number of halogens is 1. The Labute approximate surface area is 78.5 Å². The molecule has 0 bridgehead atoms. The van der Waals surface area contributed by atoms with Crippen molar-refractivity contribution < 1.29 is 10.3 Å². The van der Waals surface area contributed by atoms with Crippen LogP contribution in [0.25, 0.3) is 0 Å². The van der Waals surface area contributed by atoms with Crippen LogP contribution in [-0.4, -0.2) is 16.5 Å². The molecule has 0 aliphatic rings. The average Bonchev–Trinajstić information content (AvgIpc) is 2.00. The Kier molecular flexibility index (Phi) is 2.70. The van der Waals surface area contributed by atoms with Crippen molar-refractivity contribution in [2.45, 2.75) is 6.92 Å². The van der Waals surface area contributed by atoms with Gasteiger partial charge in [-0.05, 0) is 24.6 Å². The number of oxime groups is 1. The Morgan fingerprint density at radius 2 is 2.17 bits per heavy atom. The van der Waals surface area contributed by atoms with E-state index in [0.29, 0.717) is 5.56 Å². The molecular weight excluding hydrogens is 222 g/mol. The van der Waals surface area contributed by atoms with Crippen LogP contribution >= 0.6 is 15.9 Å². The quantitative estimate of drug-likeness (QED) is 0.441. The van der Waals surface area contributed by atoms with Gasteiger partial charge in [-0.15, -0.1) is 0 Å². The molecule has 2 N–H and O–H groups in total. The van der Waals surface area contributed by atoms with E-state index >= 15 is 0 Å². The SMILES string of the molecule is Cc1cc(Br)cc(C=NO)c1O.